The number of thiophene rings is 1. The first-order valence-electron chi connectivity index (χ1n) is 10.0. The summed E-state index contributed by atoms with van der Waals surface area (Å²) in [6.45, 7) is 0. The standard InChI is InChI=1S/C24H20N4O3S/c1-25-23(29)20-19-21(27-26-20)24(30)28(22(19)17-5-3-4-6-18(17)31-2)16-9-7-14(8-10-16)15-11-12-32-13-15/h3-13,22H,1-2H3,(H,25,29)(H,26,27). The Kier molecular flexibility index (Phi) is 4.99. The van der Waals surface area contributed by atoms with E-state index in [2.05, 4.69) is 27.0 Å². The maximum absolute atomic E-state index is 13.5. The molecule has 32 heavy (non-hydrogen) atoms. The molecule has 0 saturated heterocycles. The smallest absolute Gasteiger partial charge is 0.277 e. The summed E-state index contributed by atoms with van der Waals surface area (Å²) in [7, 11) is 3.13. The Morgan fingerprint density at radius 2 is 1.91 bits per heavy atom. The van der Waals surface area contributed by atoms with Crippen molar-refractivity contribution in [1.29, 1.82) is 0 Å². The highest BCUT2D eigenvalue weighted by molar-refractivity contribution is 7.08. The summed E-state index contributed by atoms with van der Waals surface area (Å²) < 4.78 is 5.60. The fourth-order valence-electron chi connectivity index (χ4n) is 4.13. The topological polar surface area (TPSA) is 87.3 Å². The molecule has 3 heterocycles. The van der Waals surface area contributed by atoms with Crippen LogP contribution in [0.1, 0.15) is 38.1 Å². The number of carbonyl (C=O) groups excluding carboxylic acids is 2. The second-order valence-electron chi connectivity index (χ2n) is 7.32. The van der Waals surface area contributed by atoms with Crippen LogP contribution in [0.5, 0.6) is 5.75 Å². The normalized spacial score (nSPS) is 15.0. The van der Waals surface area contributed by atoms with E-state index in [4.69, 9.17) is 4.74 Å². The minimum atomic E-state index is -0.563. The molecule has 1 atom stereocenters. The molecule has 0 radical (unpaired) electrons. The van der Waals surface area contributed by atoms with Gasteiger partial charge in [0.05, 0.1) is 13.2 Å². The van der Waals surface area contributed by atoms with E-state index in [1.165, 1.54) is 0 Å². The van der Waals surface area contributed by atoms with Crippen molar-refractivity contribution in [2.24, 2.45) is 0 Å². The van der Waals surface area contributed by atoms with E-state index < -0.39 is 6.04 Å². The fraction of sp³-hybridized carbons (Fsp3) is 0.125. The van der Waals surface area contributed by atoms with Gasteiger partial charge in [-0.2, -0.15) is 16.4 Å². The van der Waals surface area contributed by atoms with Crippen LogP contribution in [0.3, 0.4) is 0 Å². The summed E-state index contributed by atoms with van der Waals surface area (Å²) in [6, 6.07) is 16.8. The minimum Gasteiger partial charge on any atom is -0.496 e. The van der Waals surface area contributed by atoms with E-state index in [1.54, 1.807) is 30.4 Å². The summed E-state index contributed by atoms with van der Waals surface area (Å²) >= 11 is 1.64. The Hall–Kier alpha value is -3.91. The Morgan fingerprint density at radius 3 is 2.59 bits per heavy atom. The lowest BCUT2D eigenvalue weighted by Crippen LogP contribution is -2.30. The van der Waals surface area contributed by atoms with Crippen molar-refractivity contribution in [3.8, 4) is 16.9 Å². The van der Waals surface area contributed by atoms with Crippen LogP contribution in [0.2, 0.25) is 0 Å². The lowest BCUT2D eigenvalue weighted by molar-refractivity contribution is 0.0953. The zero-order chi connectivity index (χ0) is 22.2. The van der Waals surface area contributed by atoms with Crippen molar-refractivity contribution in [3.63, 3.8) is 0 Å². The van der Waals surface area contributed by atoms with Crippen molar-refractivity contribution in [2.75, 3.05) is 19.1 Å². The number of para-hydroxylation sites is 1. The number of benzene rings is 2. The SMILES string of the molecule is CNC(=O)c1n[nH]c2c1C(c1ccccc1OC)N(c1ccc(-c3ccsc3)cc1)C2=O. The number of carbonyl (C=O) groups is 2. The summed E-state index contributed by atoms with van der Waals surface area (Å²) in [5.41, 5.74) is 4.74. The highest BCUT2D eigenvalue weighted by Crippen LogP contribution is 2.45. The van der Waals surface area contributed by atoms with Gasteiger partial charge >= 0.3 is 0 Å². The number of fused-ring (bicyclic) bond motifs is 1. The number of nitrogens with zero attached hydrogens (tertiary/aromatic N) is 2. The number of ether oxygens (including phenoxy) is 1. The molecule has 0 spiro atoms. The van der Waals surface area contributed by atoms with Crippen LogP contribution in [-0.4, -0.2) is 36.2 Å². The lowest BCUT2D eigenvalue weighted by Gasteiger charge is -2.27. The lowest BCUT2D eigenvalue weighted by atomic mass is 9.97. The molecule has 160 valence electrons. The quantitative estimate of drug-likeness (QED) is 0.482. The second kappa shape index (κ2) is 7.97. The minimum absolute atomic E-state index is 0.198. The van der Waals surface area contributed by atoms with Crippen LogP contribution < -0.4 is 15.0 Å². The number of rotatable bonds is 5. The molecule has 0 aliphatic carbocycles. The Labute approximate surface area is 188 Å². The predicted octanol–water partition coefficient (Wildman–Crippen LogP) is 4.26. The van der Waals surface area contributed by atoms with Gasteiger partial charge in [0.1, 0.15) is 11.4 Å². The van der Waals surface area contributed by atoms with E-state index in [0.717, 1.165) is 22.4 Å². The Balaban J connectivity index is 1.66. The molecule has 1 aliphatic heterocycles. The van der Waals surface area contributed by atoms with Gasteiger partial charge in [-0.05, 0) is 46.2 Å². The first-order chi connectivity index (χ1) is 15.6. The van der Waals surface area contributed by atoms with Crippen molar-refractivity contribution in [3.05, 3.63) is 87.9 Å². The zero-order valence-electron chi connectivity index (χ0n) is 17.5. The number of amides is 2. The van der Waals surface area contributed by atoms with Crippen LogP contribution in [0.25, 0.3) is 11.1 Å². The number of hydrogen-bond acceptors (Lipinski definition) is 5. The number of aromatic nitrogens is 2. The average Bonchev–Trinajstić information content (AvgIpc) is 3.57. The van der Waals surface area contributed by atoms with Gasteiger partial charge in [-0.15, -0.1) is 0 Å². The van der Waals surface area contributed by atoms with Gasteiger partial charge in [-0.1, -0.05) is 30.3 Å². The van der Waals surface area contributed by atoms with Crippen molar-refractivity contribution >= 4 is 28.8 Å². The zero-order valence-corrected chi connectivity index (χ0v) is 18.3. The van der Waals surface area contributed by atoms with Crippen LogP contribution in [0.15, 0.2) is 65.4 Å². The molecular formula is C24H20N4O3S. The van der Waals surface area contributed by atoms with E-state index in [9.17, 15) is 9.59 Å². The number of nitrogens with one attached hydrogen (secondary N) is 2. The third-order valence-corrected chi connectivity index (χ3v) is 6.33. The summed E-state index contributed by atoms with van der Waals surface area (Å²) in [6.07, 6.45) is 0. The highest BCUT2D eigenvalue weighted by Gasteiger charge is 2.45. The largest absolute Gasteiger partial charge is 0.496 e. The maximum Gasteiger partial charge on any atom is 0.277 e. The molecule has 5 rings (SSSR count). The number of H-pyrrole nitrogens is 1. The van der Waals surface area contributed by atoms with E-state index in [0.29, 0.717) is 17.0 Å². The van der Waals surface area contributed by atoms with Crippen molar-refractivity contribution < 1.29 is 14.3 Å². The highest BCUT2D eigenvalue weighted by atomic mass is 32.1. The Bertz CT molecular complexity index is 1300. The van der Waals surface area contributed by atoms with Crippen molar-refractivity contribution in [2.45, 2.75) is 6.04 Å². The number of anilines is 1. The third kappa shape index (κ3) is 3.07. The molecule has 0 fully saturated rings. The molecule has 2 aromatic heterocycles. The molecule has 1 unspecified atom stereocenters. The predicted molar refractivity (Wildman–Crippen MR) is 123 cm³/mol. The molecule has 0 bridgehead atoms. The van der Waals surface area contributed by atoms with Gasteiger partial charge in [-0.3, -0.25) is 19.6 Å². The summed E-state index contributed by atoms with van der Waals surface area (Å²) in [5, 5.41) is 13.6. The molecule has 2 N–H and O–H groups in total. The van der Waals surface area contributed by atoms with Gasteiger partial charge in [0.15, 0.2) is 5.69 Å². The maximum atomic E-state index is 13.5. The van der Waals surface area contributed by atoms with Gasteiger partial charge < -0.3 is 10.1 Å². The number of aromatic amines is 1. The van der Waals surface area contributed by atoms with Crippen LogP contribution >= 0.6 is 11.3 Å². The average molecular weight is 445 g/mol. The molecular weight excluding hydrogens is 424 g/mol. The molecule has 8 heteroatoms. The molecule has 4 aromatic rings. The first-order valence-corrected chi connectivity index (χ1v) is 11.0. The van der Waals surface area contributed by atoms with Gasteiger partial charge in [-0.25, -0.2) is 0 Å². The van der Waals surface area contributed by atoms with E-state index in [-0.39, 0.29) is 17.5 Å². The molecule has 7 nitrogen and oxygen atoms in total. The summed E-state index contributed by atoms with van der Waals surface area (Å²) in [5.74, 6) is 0.0220. The third-order valence-electron chi connectivity index (χ3n) is 5.64. The molecule has 0 saturated carbocycles. The first kappa shape index (κ1) is 20.0. The number of methoxy groups -OCH3 is 1. The monoisotopic (exact) mass is 444 g/mol. The van der Waals surface area contributed by atoms with E-state index >= 15 is 0 Å². The molecule has 1 aliphatic rings. The van der Waals surface area contributed by atoms with Crippen LogP contribution in [0.4, 0.5) is 5.69 Å². The molecule has 2 amide bonds. The van der Waals surface area contributed by atoms with Gasteiger partial charge in [0.2, 0.25) is 0 Å². The van der Waals surface area contributed by atoms with Crippen LogP contribution in [-0.2, 0) is 0 Å². The number of hydrogen-bond donors (Lipinski definition) is 2. The molecule has 2 aromatic carbocycles. The van der Waals surface area contributed by atoms with Gasteiger partial charge in [0.25, 0.3) is 11.8 Å². The van der Waals surface area contributed by atoms with Gasteiger partial charge in [0, 0.05) is 23.9 Å². The second-order valence-corrected chi connectivity index (χ2v) is 8.10. The Morgan fingerprint density at radius 1 is 1.12 bits per heavy atom. The van der Waals surface area contributed by atoms with E-state index in [1.807, 2.05) is 53.9 Å². The van der Waals surface area contributed by atoms with Crippen molar-refractivity contribution in [1.82, 2.24) is 15.5 Å². The summed E-state index contributed by atoms with van der Waals surface area (Å²) in [4.78, 5) is 27.7. The fourth-order valence-corrected chi connectivity index (χ4v) is 4.80. The van der Waals surface area contributed by atoms with Crippen LogP contribution in [0, 0.1) is 0 Å².